The molecule has 4 heterocycles. The lowest BCUT2D eigenvalue weighted by molar-refractivity contribution is 0.218. The quantitative estimate of drug-likeness (QED) is 0.398. The second kappa shape index (κ2) is 7.83. The summed E-state index contributed by atoms with van der Waals surface area (Å²) in [5, 5.41) is 0. The smallest absolute Gasteiger partial charge is 0.283 e. The van der Waals surface area contributed by atoms with Gasteiger partial charge in [-0.1, -0.05) is 6.07 Å². The zero-order valence-corrected chi connectivity index (χ0v) is 18.1. The maximum Gasteiger partial charge on any atom is 0.283 e. The Morgan fingerprint density at radius 3 is 2.51 bits per heavy atom. The van der Waals surface area contributed by atoms with Crippen LogP contribution in [0.15, 0.2) is 72.0 Å². The molecule has 0 amide bonds. The van der Waals surface area contributed by atoms with E-state index in [1.807, 2.05) is 0 Å². The Balaban J connectivity index is 1.61. The molecule has 2 aromatic heterocycles. The fraction of sp³-hybridized carbons (Fsp3) is 0.115. The molecule has 0 saturated heterocycles. The largest absolute Gasteiger partial charge is 0.465 e. The molecule has 2 N–H and O–H groups in total. The van der Waals surface area contributed by atoms with E-state index in [4.69, 9.17) is 15.2 Å². The van der Waals surface area contributed by atoms with E-state index in [-0.39, 0.29) is 18.4 Å². The molecular formula is C26H17F3N4O2. The molecule has 0 radical (unpaired) electrons. The highest BCUT2D eigenvalue weighted by Crippen LogP contribution is 2.54. The van der Waals surface area contributed by atoms with Crippen LogP contribution in [0.3, 0.4) is 0 Å². The van der Waals surface area contributed by atoms with Crippen LogP contribution in [0, 0.1) is 17.7 Å². The minimum absolute atomic E-state index is 0.00506. The lowest BCUT2D eigenvalue weighted by Gasteiger charge is -2.39. The molecule has 1 atom stereocenters. The molecule has 0 bridgehead atoms. The Bertz CT molecular complexity index is 1520. The standard InChI is InChI=1S/C26H17F3N4O2/c27-20-12-16(14-5-8-31-22(28)13-14)11-19-23(20)35-21-4-3-15(17-2-1-7-32-24(17)29)10-18(21)26(19)6-9-34-25(30)33-26/h1-5,7-8,10-13H,6,9H2,(H2,30,33)/t26-/m0/s1. The lowest BCUT2D eigenvalue weighted by Crippen LogP contribution is -2.38. The number of nitrogens with zero attached hydrogens (tertiary/aromatic N) is 3. The Kier molecular flexibility index (Phi) is 4.73. The fourth-order valence-corrected chi connectivity index (χ4v) is 4.69. The summed E-state index contributed by atoms with van der Waals surface area (Å²) in [6.07, 6.45) is 3.00. The molecule has 0 saturated carbocycles. The topological polar surface area (TPSA) is 82.6 Å². The van der Waals surface area contributed by atoms with Gasteiger partial charge in [0.25, 0.3) is 6.02 Å². The van der Waals surface area contributed by atoms with Crippen LogP contribution in [0.2, 0.25) is 0 Å². The third kappa shape index (κ3) is 3.39. The summed E-state index contributed by atoms with van der Waals surface area (Å²) < 4.78 is 55.1. The summed E-state index contributed by atoms with van der Waals surface area (Å²) in [6.45, 7) is 0.218. The SMILES string of the molecule is NC1=N[C@@]2(CCO1)c1cc(-c3cccnc3F)ccc1Oc1c(F)cc(-c3ccnc(F)c3)cc12. The predicted molar refractivity (Wildman–Crippen MR) is 122 cm³/mol. The first-order valence-electron chi connectivity index (χ1n) is 10.8. The van der Waals surface area contributed by atoms with Crippen LogP contribution in [0.4, 0.5) is 13.2 Å². The minimum Gasteiger partial charge on any atom is -0.465 e. The van der Waals surface area contributed by atoms with Gasteiger partial charge in [-0.15, -0.1) is 0 Å². The summed E-state index contributed by atoms with van der Waals surface area (Å²) in [5.41, 5.74) is 7.53. The van der Waals surface area contributed by atoms with Crippen LogP contribution in [0.25, 0.3) is 22.3 Å². The van der Waals surface area contributed by atoms with Gasteiger partial charge in [0.2, 0.25) is 11.9 Å². The van der Waals surface area contributed by atoms with Gasteiger partial charge in [-0.25, -0.2) is 19.4 Å². The molecule has 6 nitrogen and oxygen atoms in total. The van der Waals surface area contributed by atoms with Crippen molar-refractivity contribution < 1.29 is 22.6 Å². The van der Waals surface area contributed by atoms with Crippen LogP contribution < -0.4 is 10.5 Å². The van der Waals surface area contributed by atoms with E-state index >= 15 is 4.39 Å². The molecule has 35 heavy (non-hydrogen) atoms. The first kappa shape index (κ1) is 21.2. The van der Waals surface area contributed by atoms with Crippen LogP contribution >= 0.6 is 0 Å². The summed E-state index contributed by atoms with van der Waals surface area (Å²) in [4.78, 5) is 11.9. The normalized spacial score (nSPS) is 18.2. The van der Waals surface area contributed by atoms with Crippen LogP contribution in [-0.2, 0) is 10.3 Å². The number of amidine groups is 1. The zero-order chi connectivity index (χ0) is 24.2. The summed E-state index contributed by atoms with van der Waals surface area (Å²) in [6, 6.07) is 14.0. The number of aliphatic imine (C=N–C) groups is 1. The molecule has 6 rings (SSSR count). The molecule has 4 aromatic rings. The van der Waals surface area contributed by atoms with E-state index in [0.717, 1.165) is 0 Å². The average Bonchev–Trinajstić information content (AvgIpc) is 2.85. The van der Waals surface area contributed by atoms with Gasteiger partial charge in [0.15, 0.2) is 11.6 Å². The maximum absolute atomic E-state index is 15.4. The van der Waals surface area contributed by atoms with Gasteiger partial charge in [0, 0.05) is 41.6 Å². The molecule has 2 aliphatic rings. The van der Waals surface area contributed by atoms with Gasteiger partial charge in [0.1, 0.15) is 11.3 Å². The van der Waals surface area contributed by atoms with Crippen LogP contribution in [-0.4, -0.2) is 22.6 Å². The van der Waals surface area contributed by atoms with Crippen molar-refractivity contribution in [2.24, 2.45) is 10.7 Å². The van der Waals surface area contributed by atoms with E-state index in [9.17, 15) is 8.78 Å². The summed E-state index contributed by atoms with van der Waals surface area (Å²) in [5.74, 6) is -1.59. The van der Waals surface area contributed by atoms with Gasteiger partial charge >= 0.3 is 0 Å². The van der Waals surface area contributed by atoms with Gasteiger partial charge in [-0.05, 0) is 59.2 Å². The van der Waals surface area contributed by atoms with E-state index in [0.29, 0.717) is 45.6 Å². The third-order valence-electron chi connectivity index (χ3n) is 6.27. The van der Waals surface area contributed by atoms with E-state index in [1.165, 1.54) is 24.5 Å². The highest BCUT2D eigenvalue weighted by atomic mass is 19.1. The van der Waals surface area contributed by atoms with Crippen LogP contribution in [0.1, 0.15) is 17.5 Å². The number of fused-ring (bicyclic) bond motifs is 4. The van der Waals surface area contributed by atoms with E-state index in [2.05, 4.69) is 15.0 Å². The highest BCUT2D eigenvalue weighted by Gasteiger charge is 2.46. The van der Waals surface area contributed by atoms with Gasteiger partial charge in [-0.2, -0.15) is 8.78 Å². The maximum atomic E-state index is 15.4. The fourth-order valence-electron chi connectivity index (χ4n) is 4.69. The third-order valence-corrected chi connectivity index (χ3v) is 6.27. The van der Waals surface area contributed by atoms with Crippen LogP contribution in [0.5, 0.6) is 11.5 Å². The molecule has 0 unspecified atom stereocenters. The second-order valence-corrected chi connectivity index (χ2v) is 8.27. The average molecular weight is 474 g/mol. The number of benzene rings is 2. The van der Waals surface area contributed by atoms with Crippen molar-refractivity contribution in [2.75, 3.05) is 6.61 Å². The number of rotatable bonds is 2. The highest BCUT2D eigenvalue weighted by molar-refractivity contribution is 5.77. The Labute approximate surface area is 197 Å². The molecule has 174 valence electrons. The molecule has 1 spiro atoms. The van der Waals surface area contributed by atoms with Crippen molar-refractivity contribution in [3.63, 3.8) is 0 Å². The number of halogens is 3. The number of hydrogen-bond donors (Lipinski definition) is 1. The molecule has 0 aliphatic carbocycles. The minimum atomic E-state index is -1.16. The molecule has 0 fully saturated rings. The number of aromatic nitrogens is 2. The van der Waals surface area contributed by atoms with Gasteiger partial charge < -0.3 is 15.2 Å². The number of nitrogens with two attached hydrogens (primary N) is 1. The van der Waals surface area contributed by atoms with Crippen molar-refractivity contribution in [3.05, 3.63) is 95.8 Å². The van der Waals surface area contributed by atoms with Gasteiger partial charge in [-0.3, -0.25) is 0 Å². The molecule has 9 heteroatoms. The summed E-state index contributed by atoms with van der Waals surface area (Å²) in [7, 11) is 0. The van der Waals surface area contributed by atoms with Gasteiger partial charge in [0.05, 0.1) is 6.61 Å². The summed E-state index contributed by atoms with van der Waals surface area (Å²) >= 11 is 0. The molecular weight excluding hydrogens is 457 g/mol. The monoisotopic (exact) mass is 474 g/mol. The molecule has 2 aromatic carbocycles. The van der Waals surface area contributed by atoms with Crippen molar-refractivity contribution in [3.8, 4) is 33.8 Å². The van der Waals surface area contributed by atoms with Crippen molar-refractivity contribution in [1.82, 2.24) is 9.97 Å². The van der Waals surface area contributed by atoms with Crippen molar-refractivity contribution in [2.45, 2.75) is 12.0 Å². The first-order valence-corrected chi connectivity index (χ1v) is 10.8. The first-order chi connectivity index (χ1) is 16.9. The van der Waals surface area contributed by atoms with Crippen molar-refractivity contribution in [1.29, 1.82) is 0 Å². The van der Waals surface area contributed by atoms with E-state index < -0.39 is 23.3 Å². The number of ether oxygens (including phenoxy) is 2. The Morgan fingerprint density at radius 2 is 1.71 bits per heavy atom. The zero-order valence-electron chi connectivity index (χ0n) is 18.1. The van der Waals surface area contributed by atoms with Crippen molar-refractivity contribution >= 4 is 6.02 Å². The second-order valence-electron chi connectivity index (χ2n) is 8.27. The lowest BCUT2D eigenvalue weighted by atomic mass is 9.76. The van der Waals surface area contributed by atoms with E-state index in [1.54, 1.807) is 42.5 Å². The molecule has 2 aliphatic heterocycles. The Hall–Kier alpha value is -4.40. The Morgan fingerprint density at radius 1 is 0.857 bits per heavy atom. The predicted octanol–water partition coefficient (Wildman–Crippen LogP) is 5.31. The number of pyridine rings is 2. The number of hydrogen-bond acceptors (Lipinski definition) is 6.